The molecule has 8 nitrogen and oxygen atoms in total. The predicted octanol–water partition coefficient (Wildman–Crippen LogP) is 3.50. The van der Waals surface area contributed by atoms with E-state index in [2.05, 4.69) is 10.2 Å². The molecule has 0 saturated carbocycles. The quantitative estimate of drug-likeness (QED) is 0.299. The van der Waals surface area contributed by atoms with Crippen LogP contribution in [0.25, 0.3) is 0 Å². The van der Waals surface area contributed by atoms with Gasteiger partial charge in [-0.1, -0.05) is 29.8 Å². The summed E-state index contributed by atoms with van der Waals surface area (Å²) < 4.78 is 8.27. The van der Waals surface area contributed by atoms with Crippen LogP contribution in [-0.4, -0.2) is 25.6 Å². The number of nitro groups is 1. The molecule has 10 heteroatoms. The Labute approximate surface area is 145 Å². The first-order chi connectivity index (χ1) is 11.5. The second-order valence-corrected chi connectivity index (χ2v) is 5.46. The summed E-state index contributed by atoms with van der Waals surface area (Å²) in [5.41, 5.74) is 0.881. The van der Waals surface area contributed by atoms with Crippen molar-refractivity contribution in [3.63, 3.8) is 0 Å². The minimum Gasteiger partial charge on any atom is -0.400 e. The minimum atomic E-state index is -0.620. The van der Waals surface area contributed by atoms with Crippen molar-refractivity contribution in [2.45, 2.75) is 6.54 Å². The number of halogens is 1. The number of rotatable bonds is 5. The fourth-order valence-electron chi connectivity index (χ4n) is 1.93. The molecule has 0 atom stereocenters. The second-order valence-electron chi connectivity index (χ2n) is 4.68. The molecule has 0 aliphatic rings. The van der Waals surface area contributed by atoms with Crippen LogP contribution in [0.2, 0.25) is 5.02 Å². The summed E-state index contributed by atoms with van der Waals surface area (Å²) in [6, 6.07) is 10.1. The van der Waals surface area contributed by atoms with Crippen LogP contribution >= 0.6 is 23.8 Å². The van der Waals surface area contributed by atoms with Gasteiger partial charge in [0, 0.05) is 5.02 Å². The lowest BCUT2D eigenvalue weighted by Crippen LogP contribution is -2.03. The maximum Gasteiger partial charge on any atom is 0.433 e. The maximum absolute atomic E-state index is 10.6. The third-order valence-electron chi connectivity index (χ3n) is 3.10. The molecular formula is C14H10ClN5O3S. The highest BCUT2D eigenvalue weighted by molar-refractivity contribution is 7.71. The van der Waals surface area contributed by atoms with Crippen molar-refractivity contribution in [2.24, 2.45) is 5.10 Å². The van der Waals surface area contributed by atoms with Crippen LogP contribution in [0.15, 0.2) is 52.2 Å². The smallest absolute Gasteiger partial charge is 0.400 e. The Morgan fingerprint density at radius 2 is 2.17 bits per heavy atom. The molecule has 0 saturated heterocycles. The Hall–Kier alpha value is -2.78. The largest absolute Gasteiger partial charge is 0.433 e. The van der Waals surface area contributed by atoms with Crippen molar-refractivity contribution in [3.8, 4) is 0 Å². The SMILES string of the molecule is O=[N+]([O-])c1ccc(/C=N\n2cnn(Cc3ccccc3Cl)c2=S)o1. The van der Waals surface area contributed by atoms with Crippen molar-refractivity contribution in [2.75, 3.05) is 0 Å². The molecule has 0 bridgehead atoms. The lowest BCUT2D eigenvalue weighted by Gasteiger charge is -2.03. The van der Waals surface area contributed by atoms with Crippen molar-refractivity contribution in [1.29, 1.82) is 0 Å². The molecule has 24 heavy (non-hydrogen) atoms. The van der Waals surface area contributed by atoms with Gasteiger partial charge in [0.15, 0.2) is 5.76 Å². The number of hydrogen-bond acceptors (Lipinski definition) is 6. The summed E-state index contributed by atoms with van der Waals surface area (Å²) in [4.78, 5) is 9.95. The van der Waals surface area contributed by atoms with Gasteiger partial charge in [-0.05, 0) is 29.9 Å². The van der Waals surface area contributed by atoms with E-state index in [9.17, 15) is 10.1 Å². The zero-order valence-electron chi connectivity index (χ0n) is 12.1. The van der Waals surface area contributed by atoms with Crippen LogP contribution in [-0.2, 0) is 6.54 Å². The topological polar surface area (TPSA) is 91.4 Å². The summed E-state index contributed by atoms with van der Waals surface area (Å²) in [5, 5.41) is 19.4. The van der Waals surface area contributed by atoms with Gasteiger partial charge >= 0.3 is 5.88 Å². The van der Waals surface area contributed by atoms with E-state index in [-0.39, 0.29) is 11.6 Å². The van der Waals surface area contributed by atoms with Gasteiger partial charge in [0.2, 0.25) is 4.77 Å². The molecule has 0 fully saturated rings. The van der Waals surface area contributed by atoms with E-state index >= 15 is 0 Å². The van der Waals surface area contributed by atoms with Gasteiger partial charge in [0.1, 0.15) is 11.3 Å². The van der Waals surface area contributed by atoms with Crippen LogP contribution in [0.1, 0.15) is 11.3 Å². The highest BCUT2D eigenvalue weighted by Crippen LogP contribution is 2.16. The average molecular weight is 364 g/mol. The van der Waals surface area contributed by atoms with Gasteiger partial charge < -0.3 is 4.42 Å². The van der Waals surface area contributed by atoms with Crippen LogP contribution < -0.4 is 0 Å². The number of furan rings is 1. The van der Waals surface area contributed by atoms with Crippen molar-refractivity contribution < 1.29 is 9.34 Å². The van der Waals surface area contributed by atoms with Gasteiger partial charge in [-0.15, -0.1) is 0 Å². The van der Waals surface area contributed by atoms with E-state index in [1.165, 1.54) is 29.4 Å². The maximum atomic E-state index is 10.6. The van der Waals surface area contributed by atoms with Gasteiger partial charge in [0.05, 0.1) is 18.8 Å². The van der Waals surface area contributed by atoms with E-state index in [0.717, 1.165) is 5.56 Å². The highest BCUT2D eigenvalue weighted by Gasteiger charge is 2.10. The molecule has 122 valence electrons. The first kappa shape index (κ1) is 16.1. The Balaban J connectivity index is 1.79. The lowest BCUT2D eigenvalue weighted by molar-refractivity contribution is -0.402. The molecule has 0 aliphatic carbocycles. The third kappa shape index (κ3) is 3.42. The van der Waals surface area contributed by atoms with Crippen LogP contribution in [0.4, 0.5) is 5.88 Å². The first-order valence-corrected chi connectivity index (χ1v) is 7.49. The standard InChI is InChI=1S/C14H10ClN5O3S/c15-12-4-2-1-3-10(12)8-18-14(24)19(9-17-18)16-7-11-5-6-13(23-11)20(21)22/h1-7,9H,8H2/b16-7-. The van der Waals surface area contributed by atoms with Crippen molar-refractivity contribution in [3.05, 3.63) is 74.0 Å². The van der Waals surface area contributed by atoms with E-state index in [4.69, 9.17) is 28.2 Å². The zero-order chi connectivity index (χ0) is 17.1. The number of benzene rings is 1. The van der Waals surface area contributed by atoms with Gasteiger partial charge in [0.25, 0.3) is 0 Å². The molecule has 2 aromatic heterocycles. The molecule has 1 aromatic carbocycles. The van der Waals surface area contributed by atoms with E-state index in [1.807, 2.05) is 18.2 Å². The Morgan fingerprint density at radius 3 is 2.88 bits per heavy atom. The Morgan fingerprint density at radius 1 is 1.38 bits per heavy atom. The fourth-order valence-corrected chi connectivity index (χ4v) is 2.33. The number of nitrogens with zero attached hydrogens (tertiary/aromatic N) is 5. The minimum absolute atomic E-state index is 0.238. The molecule has 0 aliphatic heterocycles. The number of hydrogen-bond donors (Lipinski definition) is 0. The summed E-state index contributed by atoms with van der Waals surface area (Å²) in [6.07, 6.45) is 2.76. The highest BCUT2D eigenvalue weighted by atomic mass is 35.5. The summed E-state index contributed by atoms with van der Waals surface area (Å²) >= 11 is 11.4. The molecule has 0 spiro atoms. The molecular weight excluding hydrogens is 354 g/mol. The second kappa shape index (κ2) is 6.77. The first-order valence-electron chi connectivity index (χ1n) is 6.71. The van der Waals surface area contributed by atoms with Crippen LogP contribution in [0.3, 0.4) is 0 Å². The predicted molar refractivity (Wildman–Crippen MR) is 90.0 cm³/mol. The van der Waals surface area contributed by atoms with Gasteiger partial charge in [-0.25, -0.2) is 4.68 Å². The van der Waals surface area contributed by atoms with Gasteiger partial charge in [-0.3, -0.25) is 10.1 Å². The van der Waals surface area contributed by atoms with E-state index in [0.29, 0.717) is 16.3 Å². The molecule has 0 radical (unpaired) electrons. The van der Waals surface area contributed by atoms with Crippen molar-refractivity contribution >= 4 is 35.9 Å². The van der Waals surface area contributed by atoms with E-state index < -0.39 is 4.92 Å². The fraction of sp³-hybridized carbons (Fsp3) is 0.0714. The third-order valence-corrected chi connectivity index (χ3v) is 3.86. The van der Waals surface area contributed by atoms with Crippen molar-refractivity contribution in [1.82, 2.24) is 14.5 Å². The Bertz CT molecular complexity index is 975. The van der Waals surface area contributed by atoms with E-state index in [1.54, 1.807) is 10.7 Å². The molecule has 0 amide bonds. The summed E-state index contributed by atoms with van der Waals surface area (Å²) in [5.74, 6) is -0.114. The van der Waals surface area contributed by atoms with Crippen LogP contribution in [0.5, 0.6) is 0 Å². The molecule has 3 aromatic rings. The summed E-state index contributed by atoms with van der Waals surface area (Å²) in [6.45, 7) is 0.410. The Kier molecular flexibility index (Phi) is 4.54. The summed E-state index contributed by atoms with van der Waals surface area (Å²) in [7, 11) is 0. The zero-order valence-corrected chi connectivity index (χ0v) is 13.6. The average Bonchev–Trinajstić information content (AvgIpc) is 3.16. The van der Waals surface area contributed by atoms with Gasteiger partial charge in [-0.2, -0.15) is 14.9 Å². The van der Waals surface area contributed by atoms with Crippen LogP contribution in [0, 0.1) is 14.9 Å². The normalized spacial score (nSPS) is 11.2. The monoisotopic (exact) mass is 363 g/mol. The lowest BCUT2D eigenvalue weighted by atomic mass is 10.2. The molecule has 2 heterocycles. The molecule has 0 unspecified atom stereocenters. The molecule has 0 N–H and O–H groups in total. The number of aromatic nitrogens is 3. The molecule has 3 rings (SSSR count).